The summed E-state index contributed by atoms with van der Waals surface area (Å²) in [6, 6.07) is 0. The van der Waals surface area contributed by atoms with E-state index in [1.807, 2.05) is 6.20 Å². The normalized spacial score (nSPS) is 16.3. The third-order valence-electron chi connectivity index (χ3n) is 1.99. The molecule has 10 heavy (non-hydrogen) atoms. The van der Waals surface area contributed by atoms with Gasteiger partial charge < -0.3 is 0 Å². The monoisotopic (exact) mass is 134 g/mol. The molecule has 1 aromatic rings. The molecular weight excluding hydrogens is 124 g/mol. The number of fused-ring (bicyclic) bond motifs is 1. The van der Waals surface area contributed by atoms with E-state index in [0.29, 0.717) is 0 Å². The van der Waals surface area contributed by atoms with Gasteiger partial charge in [-0.05, 0) is 25.3 Å². The van der Waals surface area contributed by atoms with Crippen molar-refractivity contribution in [3.8, 4) is 0 Å². The quantitative estimate of drug-likeness (QED) is 0.575. The Morgan fingerprint density at radius 2 is 2.50 bits per heavy atom. The van der Waals surface area contributed by atoms with Crippen LogP contribution in [0.1, 0.15) is 24.6 Å². The van der Waals surface area contributed by atoms with E-state index >= 15 is 0 Å². The predicted octanol–water partition coefficient (Wildman–Crippen LogP) is 1.76. The number of aromatic nitrogens is 2. The molecule has 52 valence electrons. The van der Waals surface area contributed by atoms with Crippen LogP contribution in [0.3, 0.4) is 0 Å². The van der Waals surface area contributed by atoms with E-state index in [0.717, 1.165) is 12.8 Å². The number of aromatic amines is 1. The first-order valence-corrected chi connectivity index (χ1v) is 3.57. The van der Waals surface area contributed by atoms with Crippen LogP contribution >= 0.6 is 0 Å². The summed E-state index contributed by atoms with van der Waals surface area (Å²) in [5.41, 5.74) is 3.95. The Hall–Kier alpha value is -1.05. The zero-order valence-electron chi connectivity index (χ0n) is 6.02. The van der Waals surface area contributed by atoms with Gasteiger partial charge in [0.2, 0.25) is 0 Å². The Bertz CT molecular complexity index is 271. The molecule has 0 spiro atoms. The summed E-state index contributed by atoms with van der Waals surface area (Å²) >= 11 is 0. The molecule has 0 radical (unpaired) electrons. The van der Waals surface area contributed by atoms with Crippen molar-refractivity contribution in [1.82, 2.24) is 10.2 Å². The lowest BCUT2D eigenvalue weighted by molar-refractivity contribution is 0.902. The van der Waals surface area contributed by atoms with Crippen LogP contribution in [0.5, 0.6) is 0 Å². The Labute approximate surface area is 60.0 Å². The Kier molecular flexibility index (Phi) is 1.13. The number of nitrogens with zero attached hydrogens (tertiary/aromatic N) is 1. The second-order valence-electron chi connectivity index (χ2n) is 2.69. The fourth-order valence-electron chi connectivity index (χ4n) is 1.39. The van der Waals surface area contributed by atoms with Crippen molar-refractivity contribution in [1.29, 1.82) is 0 Å². The van der Waals surface area contributed by atoms with E-state index in [9.17, 15) is 0 Å². The highest BCUT2D eigenvalue weighted by molar-refractivity contribution is 5.66. The summed E-state index contributed by atoms with van der Waals surface area (Å²) in [5.74, 6) is 0. The SMILES string of the molecule is CC1=CCCc2[nH]ncc21. The standard InChI is InChI=1S/C8H10N2/c1-6-3-2-4-8-7(6)5-9-10-8/h3,5H,2,4H2,1H3,(H,9,10). The lowest BCUT2D eigenvalue weighted by Gasteiger charge is -2.07. The maximum absolute atomic E-state index is 3.99. The first-order chi connectivity index (χ1) is 4.88. The van der Waals surface area contributed by atoms with Gasteiger partial charge in [0.15, 0.2) is 0 Å². The maximum Gasteiger partial charge on any atom is 0.0565 e. The van der Waals surface area contributed by atoms with Gasteiger partial charge in [-0.25, -0.2) is 0 Å². The maximum atomic E-state index is 3.99. The fraction of sp³-hybridized carbons (Fsp3) is 0.375. The Morgan fingerprint density at radius 3 is 3.30 bits per heavy atom. The van der Waals surface area contributed by atoms with E-state index < -0.39 is 0 Å². The zero-order valence-corrected chi connectivity index (χ0v) is 6.02. The number of aryl methyl sites for hydroxylation is 1. The molecule has 2 rings (SSSR count). The molecule has 0 unspecified atom stereocenters. The van der Waals surface area contributed by atoms with Gasteiger partial charge in [-0.3, -0.25) is 5.10 Å². The highest BCUT2D eigenvalue weighted by Gasteiger charge is 2.09. The first-order valence-electron chi connectivity index (χ1n) is 3.57. The van der Waals surface area contributed by atoms with Crippen LogP contribution in [0.2, 0.25) is 0 Å². The van der Waals surface area contributed by atoms with E-state index in [1.54, 1.807) is 0 Å². The summed E-state index contributed by atoms with van der Waals surface area (Å²) in [4.78, 5) is 0. The van der Waals surface area contributed by atoms with Gasteiger partial charge in [0.05, 0.1) is 6.20 Å². The van der Waals surface area contributed by atoms with Crippen molar-refractivity contribution >= 4 is 5.57 Å². The average molecular weight is 134 g/mol. The Balaban J connectivity index is 2.55. The van der Waals surface area contributed by atoms with Gasteiger partial charge >= 0.3 is 0 Å². The molecule has 0 amide bonds. The van der Waals surface area contributed by atoms with Crippen LogP contribution in [-0.2, 0) is 6.42 Å². The molecular formula is C8H10N2. The first kappa shape index (κ1) is 5.71. The number of rotatable bonds is 0. The molecule has 2 heteroatoms. The molecule has 1 heterocycles. The lowest BCUT2D eigenvalue weighted by Crippen LogP contribution is -1.94. The number of nitrogens with one attached hydrogen (secondary N) is 1. The number of hydrogen-bond acceptors (Lipinski definition) is 1. The summed E-state index contributed by atoms with van der Waals surface area (Å²) < 4.78 is 0. The van der Waals surface area contributed by atoms with Crippen LogP contribution in [0.25, 0.3) is 5.57 Å². The van der Waals surface area contributed by atoms with Gasteiger partial charge in [0.1, 0.15) is 0 Å². The number of allylic oxidation sites excluding steroid dienone is 2. The van der Waals surface area contributed by atoms with E-state index in [-0.39, 0.29) is 0 Å². The topological polar surface area (TPSA) is 28.7 Å². The van der Waals surface area contributed by atoms with Crippen molar-refractivity contribution in [2.24, 2.45) is 0 Å². The molecule has 1 N–H and O–H groups in total. The van der Waals surface area contributed by atoms with E-state index in [4.69, 9.17) is 0 Å². The fourth-order valence-corrected chi connectivity index (χ4v) is 1.39. The molecule has 0 saturated carbocycles. The predicted molar refractivity (Wildman–Crippen MR) is 40.6 cm³/mol. The van der Waals surface area contributed by atoms with E-state index in [2.05, 4.69) is 23.2 Å². The summed E-state index contributed by atoms with van der Waals surface area (Å²) in [5, 5.41) is 6.99. The third kappa shape index (κ3) is 0.685. The average Bonchev–Trinajstić information content (AvgIpc) is 2.36. The van der Waals surface area contributed by atoms with Crippen molar-refractivity contribution < 1.29 is 0 Å². The molecule has 0 atom stereocenters. The van der Waals surface area contributed by atoms with E-state index in [1.165, 1.54) is 16.8 Å². The second kappa shape index (κ2) is 1.97. The summed E-state index contributed by atoms with van der Waals surface area (Å²) in [6.45, 7) is 2.13. The lowest BCUT2D eigenvalue weighted by atomic mass is 9.99. The molecule has 0 saturated heterocycles. The molecule has 0 aliphatic heterocycles. The molecule has 0 fully saturated rings. The molecule has 2 nitrogen and oxygen atoms in total. The van der Waals surface area contributed by atoms with Crippen LogP contribution in [0, 0.1) is 0 Å². The van der Waals surface area contributed by atoms with Crippen molar-refractivity contribution in [2.45, 2.75) is 19.8 Å². The van der Waals surface area contributed by atoms with Crippen LogP contribution in [-0.4, -0.2) is 10.2 Å². The molecule has 0 aromatic carbocycles. The Morgan fingerprint density at radius 1 is 1.60 bits per heavy atom. The van der Waals surface area contributed by atoms with Gasteiger partial charge in [-0.15, -0.1) is 0 Å². The summed E-state index contributed by atoms with van der Waals surface area (Å²) in [7, 11) is 0. The zero-order chi connectivity index (χ0) is 6.97. The van der Waals surface area contributed by atoms with Crippen molar-refractivity contribution in [2.75, 3.05) is 0 Å². The summed E-state index contributed by atoms with van der Waals surface area (Å²) in [6.07, 6.45) is 6.44. The van der Waals surface area contributed by atoms with Gasteiger partial charge in [-0.2, -0.15) is 5.10 Å². The van der Waals surface area contributed by atoms with Crippen LogP contribution in [0.4, 0.5) is 0 Å². The molecule has 1 aliphatic carbocycles. The van der Waals surface area contributed by atoms with Crippen molar-refractivity contribution in [3.63, 3.8) is 0 Å². The molecule has 0 bridgehead atoms. The van der Waals surface area contributed by atoms with Crippen LogP contribution < -0.4 is 0 Å². The second-order valence-corrected chi connectivity index (χ2v) is 2.69. The molecule has 1 aromatic heterocycles. The minimum atomic E-state index is 1.12. The van der Waals surface area contributed by atoms with Crippen molar-refractivity contribution in [3.05, 3.63) is 23.5 Å². The number of hydrogen-bond donors (Lipinski definition) is 1. The highest BCUT2D eigenvalue weighted by Crippen LogP contribution is 2.22. The minimum Gasteiger partial charge on any atom is -0.282 e. The number of H-pyrrole nitrogens is 1. The molecule has 1 aliphatic rings. The van der Waals surface area contributed by atoms with Gasteiger partial charge in [-0.1, -0.05) is 6.08 Å². The van der Waals surface area contributed by atoms with Gasteiger partial charge in [0, 0.05) is 11.3 Å². The van der Waals surface area contributed by atoms with Crippen LogP contribution in [0.15, 0.2) is 12.3 Å². The van der Waals surface area contributed by atoms with Gasteiger partial charge in [0.25, 0.3) is 0 Å². The third-order valence-corrected chi connectivity index (χ3v) is 1.99. The smallest absolute Gasteiger partial charge is 0.0565 e. The highest BCUT2D eigenvalue weighted by atomic mass is 15.1. The largest absolute Gasteiger partial charge is 0.282 e. The minimum absolute atomic E-state index is 1.12.